The minimum Gasteiger partial charge on any atom is -0.492 e. The molecule has 140 valence electrons. The van der Waals surface area contributed by atoms with E-state index in [1.165, 1.54) is 6.07 Å². The number of hydrogen-bond acceptors (Lipinski definition) is 4. The van der Waals surface area contributed by atoms with E-state index < -0.39 is 26.2 Å². The predicted molar refractivity (Wildman–Crippen MR) is 92.7 cm³/mol. The Balaban J connectivity index is 1.86. The van der Waals surface area contributed by atoms with Crippen molar-refractivity contribution in [1.29, 1.82) is 0 Å². The first kappa shape index (κ1) is 19.4. The number of nitrogens with one attached hydrogen (secondary N) is 1. The Hall–Kier alpha value is -1.90. The van der Waals surface area contributed by atoms with Crippen molar-refractivity contribution in [2.45, 2.75) is 18.6 Å². The van der Waals surface area contributed by atoms with Crippen LogP contribution >= 0.6 is 0 Å². The van der Waals surface area contributed by atoms with Crippen LogP contribution < -0.4 is 10.1 Å². The molecule has 0 atom stereocenters. The number of aliphatic imine (C=N–C) groups is 1. The molecular weight excluding hydrogens is 352 g/mol. The topological polar surface area (TPSA) is 71.0 Å². The van der Waals surface area contributed by atoms with E-state index >= 15 is 0 Å². The van der Waals surface area contributed by atoms with Crippen LogP contribution in [0, 0.1) is 11.6 Å². The van der Waals surface area contributed by atoms with Gasteiger partial charge >= 0.3 is 0 Å². The number of halogens is 2. The van der Waals surface area contributed by atoms with Gasteiger partial charge in [-0.25, -0.2) is 17.2 Å². The zero-order valence-electron chi connectivity index (χ0n) is 14.6. The standard InChI is InChI=1S/C16H23F2N3O3S/c1-16(2)11-21(7-9-25(16,22)23)15(19-3)20-6-8-24-12-4-5-13(17)14(18)10-12/h4-5,10H,6-9,11H2,1-3H3,(H,19,20). The van der Waals surface area contributed by atoms with Crippen molar-refractivity contribution in [3.05, 3.63) is 29.8 Å². The molecule has 0 unspecified atom stereocenters. The zero-order valence-corrected chi connectivity index (χ0v) is 15.4. The summed E-state index contributed by atoms with van der Waals surface area (Å²) in [5.74, 6) is -0.990. The maximum Gasteiger partial charge on any atom is 0.193 e. The second-order valence-corrected chi connectivity index (χ2v) is 9.14. The molecule has 0 saturated carbocycles. The molecule has 6 nitrogen and oxygen atoms in total. The third-order valence-electron chi connectivity index (χ3n) is 4.10. The summed E-state index contributed by atoms with van der Waals surface area (Å²) in [4.78, 5) is 6.05. The summed E-state index contributed by atoms with van der Waals surface area (Å²) >= 11 is 0. The summed E-state index contributed by atoms with van der Waals surface area (Å²) in [5.41, 5.74) is 0. The number of benzene rings is 1. The second-order valence-electron chi connectivity index (χ2n) is 6.40. The molecule has 25 heavy (non-hydrogen) atoms. The summed E-state index contributed by atoms with van der Waals surface area (Å²) in [6, 6.07) is 3.35. The fourth-order valence-electron chi connectivity index (χ4n) is 2.56. The lowest BCUT2D eigenvalue weighted by Gasteiger charge is -2.39. The van der Waals surface area contributed by atoms with Crippen molar-refractivity contribution in [2.24, 2.45) is 4.99 Å². The van der Waals surface area contributed by atoms with Crippen LogP contribution in [0.5, 0.6) is 5.75 Å². The molecule has 1 aromatic rings. The van der Waals surface area contributed by atoms with Crippen molar-refractivity contribution in [3.63, 3.8) is 0 Å². The molecule has 0 spiro atoms. The van der Waals surface area contributed by atoms with Crippen LogP contribution in [0.1, 0.15) is 13.8 Å². The molecule has 0 amide bonds. The average molecular weight is 375 g/mol. The van der Waals surface area contributed by atoms with Crippen molar-refractivity contribution >= 4 is 15.8 Å². The van der Waals surface area contributed by atoms with Gasteiger partial charge < -0.3 is 15.0 Å². The molecule has 0 aromatic heterocycles. The number of hydrogen-bond donors (Lipinski definition) is 1. The van der Waals surface area contributed by atoms with Gasteiger partial charge in [-0.2, -0.15) is 0 Å². The van der Waals surface area contributed by atoms with Gasteiger partial charge in [0.05, 0.1) is 17.0 Å². The fraction of sp³-hybridized carbons (Fsp3) is 0.562. The van der Waals surface area contributed by atoms with Crippen molar-refractivity contribution in [1.82, 2.24) is 10.2 Å². The summed E-state index contributed by atoms with van der Waals surface area (Å²) < 4.78 is 54.6. The molecule has 1 aliphatic heterocycles. The highest BCUT2D eigenvalue weighted by Gasteiger charge is 2.40. The molecule has 1 fully saturated rings. The van der Waals surface area contributed by atoms with Gasteiger partial charge in [0.2, 0.25) is 0 Å². The highest BCUT2D eigenvalue weighted by atomic mass is 32.2. The number of sulfone groups is 1. The first-order chi connectivity index (χ1) is 11.7. The normalized spacial score (nSPS) is 19.6. The van der Waals surface area contributed by atoms with E-state index in [9.17, 15) is 17.2 Å². The first-order valence-corrected chi connectivity index (χ1v) is 9.57. The molecule has 0 aliphatic carbocycles. The van der Waals surface area contributed by atoms with Crippen molar-refractivity contribution in [3.8, 4) is 5.75 Å². The van der Waals surface area contributed by atoms with E-state index in [-0.39, 0.29) is 18.1 Å². The average Bonchev–Trinajstić information content (AvgIpc) is 2.54. The van der Waals surface area contributed by atoms with Gasteiger partial charge in [-0.05, 0) is 26.0 Å². The molecule has 2 rings (SSSR count). The van der Waals surface area contributed by atoms with Gasteiger partial charge in [0.15, 0.2) is 27.4 Å². The van der Waals surface area contributed by atoms with Gasteiger partial charge in [-0.1, -0.05) is 0 Å². The summed E-state index contributed by atoms with van der Waals surface area (Å²) in [6.45, 7) is 4.73. The third-order valence-corrected chi connectivity index (χ3v) is 6.63. The van der Waals surface area contributed by atoms with Gasteiger partial charge in [0.1, 0.15) is 12.4 Å². The van der Waals surface area contributed by atoms with Crippen LogP contribution in [0.3, 0.4) is 0 Å². The molecular formula is C16H23F2N3O3S. The van der Waals surface area contributed by atoms with Crippen LogP contribution in [-0.4, -0.2) is 63.1 Å². The van der Waals surface area contributed by atoms with Crippen LogP contribution in [0.15, 0.2) is 23.2 Å². The van der Waals surface area contributed by atoms with Crippen LogP contribution in [-0.2, 0) is 9.84 Å². The largest absolute Gasteiger partial charge is 0.492 e. The molecule has 0 bridgehead atoms. The SMILES string of the molecule is CN=C(NCCOc1ccc(F)c(F)c1)N1CCS(=O)(=O)C(C)(C)C1. The van der Waals surface area contributed by atoms with E-state index in [2.05, 4.69) is 10.3 Å². The monoisotopic (exact) mass is 375 g/mol. The number of guanidine groups is 1. The van der Waals surface area contributed by atoms with Crippen molar-refractivity contribution in [2.75, 3.05) is 39.0 Å². The van der Waals surface area contributed by atoms with Gasteiger partial charge in [0, 0.05) is 26.2 Å². The number of ether oxygens (including phenoxy) is 1. The van der Waals surface area contributed by atoms with Gasteiger partial charge in [-0.15, -0.1) is 0 Å². The number of nitrogens with zero attached hydrogens (tertiary/aromatic N) is 2. The van der Waals surface area contributed by atoms with Crippen molar-refractivity contribution < 1.29 is 21.9 Å². The van der Waals surface area contributed by atoms with Crippen LogP contribution in [0.4, 0.5) is 8.78 Å². The van der Waals surface area contributed by atoms with Crippen LogP contribution in [0.25, 0.3) is 0 Å². The second kappa shape index (κ2) is 7.55. The van der Waals surface area contributed by atoms with E-state index in [0.29, 0.717) is 25.6 Å². The van der Waals surface area contributed by atoms with Gasteiger partial charge in [-0.3, -0.25) is 4.99 Å². The minimum atomic E-state index is -3.12. The maximum absolute atomic E-state index is 13.1. The quantitative estimate of drug-likeness (QED) is 0.490. The smallest absolute Gasteiger partial charge is 0.193 e. The molecule has 1 heterocycles. The summed E-state index contributed by atoms with van der Waals surface area (Å²) in [7, 11) is -1.50. The van der Waals surface area contributed by atoms with E-state index in [1.807, 2.05) is 4.90 Å². The summed E-state index contributed by atoms with van der Waals surface area (Å²) in [6.07, 6.45) is 0. The Labute approximate surface area is 146 Å². The maximum atomic E-state index is 13.1. The predicted octanol–water partition coefficient (Wildman–Crippen LogP) is 1.43. The lowest BCUT2D eigenvalue weighted by Crippen LogP contribution is -2.57. The Morgan fingerprint density at radius 2 is 2.08 bits per heavy atom. The molecule has 0 radical (unpaired) electrons. The number of rotatable bonds is 4. The highest BCUT2D eigenvalue weighted by Crippen LogP contribution is 2.23. The third kappa shape index (κ3) is 4.59. The Morgan fingerprint density at radius 3 is 2.68 bits per heavy atom. The highest BCUT2D eigenvalue weighted by molar-refractivity contribution is 7.92. The molecule has 1 N–H and O–H groups in total. The van der Waals surface area contributed by atoms with E-state index in [4.69, 9.17) is 4.74 Å². The van der Waals surface area contributed by atoms with Gasteiger partial charge in [0.25, 0.3) is 0 Å². The van der Waals surface area contributed by atoms with Crippen LogP contribution in [0.2, 0.25) is 0 Å². The Kier molecular flexibility index (Phi) is 5.87. The molecule has 1 aliphatic rings. The Bertz CT molecular complexity index is 751. The van der Waals surface area contributed by atoms with E-state index in [1.54, 1.807) is 20.9 Å². The Morgan fingerprint density at radius 1 is 1.36 bits per heavy atom. The lowest BCUT2D eigenvalue weighted by molar-refractivity contribution is 0.310. The zero-order chi connectivity index (χ0) is 18.7. The lowest BCUT2D eigenvalue weighted by atomic mass is 10.2. The molecule has 1 aromatic carbocycles. The first-order valence-electron chi connectivity index (χ1n) is 7.92. The van der Waals surface area contributed by atoms with E-state index in [0.717, 1.165) is 12.1 Å². The molecule has 1 saturated heterocycles. The fourth-order valence-corrected chi connectivity index (χ4v) is 3.92. The minimum absolute atomic E-state index is 0.0755. The molecule has 9 heteroatoms. The summed E-state index contributed by atoms with van der Waals surface area (Å²) in [5, 5.41) is 3.09.